The molecule has 6 rings (SSSR count). The van der Waals surface area contributed by atoms with Gasteiger partial charge in [0.05, 0.1) is 25.3 Å². The Kier molecular flexibility index (Phi) is 4.46. The summed E-state index contributed by atoms with van der Waals surface area (Å²) in [6.07, 6.45) is 5.67. The number of hydrogen-bond acceptors (Lipinski definition) is 4. The molecule has 4 aliphatic carbocycles. The summed E-state index contributed by atoms with van der Waals surface area (Å²) in [4.78, 5) is 17.6. The number of carbonyl (C=O) groups is 1. The Labute approximate surface area is 170 Å². The molecule has 4 saturated carbocycles. The van der Waals surface area contributed by atoms with Gasteiger partial charge in [0.2, 0.25) is 0 Å². The van der Waals surface area contributed by atoms with E-state index in [-0.39, 0.29) is 30.2 Å². The zero-order valence-electron chi connectivity index (χ0n) is 16.7. The third-order valence-electron chi connectivity index (χ3n) is 6.85. The maximum atomic E-state index is 13.6. The molecule has 4 fully saturated rings. The SMILES string of the molecule is CCOC(=O)Cc1c(C23CC(C2)C3)nc(C2CC2)c(CO)c1-c1ccc(F)cc1. The van der Waals surface area contributed by atoms with Crippen LogP contribution in [0.5, 0.6) is 0 Å². The number of esters is 1. The maximum Gasteiger partial charge on any atom is 0.310 e. The third-order valence-corrected chi connectivity index (χ3v) is 6.85. The lowest BCUT2D eigenvalue weighted by Crippen LogP contribution is -2.56. The van der Waals surface area contributed by atoms with Gasteiger partial charge >= 0.3 is 5.97 Å². The Morgan fingerprint density at radius 3 is 2.41 bits per heavy atom. The van der Waals surface area contributed by atoms with Crippen molar-refractivity contribution >= 4 is 5.97 Å². The molecule has 5 heteroatoms. The molecule has 1 heterocycles. The highest BCUT2D eigenvalue weighted by Crippen LogP contribution is 2.66. The molecule has 4 aliphatic rings. The molecule has 2 bridgehead atoms. The number of carbonyl (C=O) groups excluding carboxylic acids is 1. The van der Waals surface area contributed by atoms with Crippen LogP contribution < -0.4 is 0 Å². The summed E-state index contributed by atoms with van der Waals surface area (Å²) in [6.45, 7) is 1.99. The summed E-state index contributed by atoms with van der Waals surface area (Å²) in [5.41, 5.74) is 5.39. The van der Waals surface area contributed by atoms with E-state index in [4.69, 9.17) is 9.72 Å². The quantitative estimate of drug-likeness (QED) is 0.706. The number of aromatic nitrogens is 1. The second kappa shape index (κ2) is 6.91. The molecule has 0 aliphatic heterocycles. The molecule has 1 aromatic carbocycles. The molecular formula is C24H26FNO3. The molecule has 0 amide bonds. The summed E-state index contributed by atoms with van der Waals surface area (Å²) < 4.78 is 18.9. The smallest absolute Gasteiger partial charge is 0.310 e. The molecule has 0 unspecified atom stereocenters. The standard InChI is InChI=1S/C24H26FNO3/c1-2-29-20(28)9-18-21(15-5-7-17(25)8-6-15)19(13-27)22(16-3-4-16)26-23(18)24-10-14(11-24)12-24/h5-8,14,16,27H,2-4,9-13H2,1H3. The molecule has 0 atom stereocenters. The first-order valence-electron chi connectivity index (χ1n) is 10.6. The zero-order valence-corrected chi connectivity index (χ0v) is 16.7. The van der Waals surface area contributed by atoms with Crippen LogP contribution in [0.1, 0.15) is 67.5 Å². The largest absolute Gasteiger partial charge is 0.466 e. The van der Waals surface area contributed by atoms with Crippen molar-refractivity contribution in [2.75, 3.05) is 6.61 Å². The number of rotatable bonds is 7. The van der Waals surface area contributed by atoms with Crippen molar-refractivity contribution in [3.63, 3.8) is 0 Å². The molecule has 0 spiro atoms. The molecule has 1 aromatic heterocycles. The van der Waals surface area contributed by atoms with Crippen LogP contribution in [-0.2, 0) is 28.0 Å². The van der Waals surface area contributed by atoms with Crippen LogP contribution in [-0.4, -0.2) is 22.7 Å². The molecular weight excluding hydrogens is 369 g/mol. The van der Waals surface area contributed by atoms with Gasteiger partial charge in [0.15, 0.2) is 0 Å². The van der Waals surface area contributed by atoms with E-state index in [1.54, 1.807) is 19.1 Å². The lowest BCUT2D eigenvalue weighted by atomic mass is 9.42. The minimum Gasteiger partial charge on any atom is -0.466 e. The van der Waals surface area contributed by atoms with Gasteiger partial charge in [-0.15, -0.1) is 0 Å². The van der Waals surface area contributed by atoms with Crippen molar-refractivity contribution in [3.8, 4) is 11.1 Å². The van der Waals surface area contributed by atoms with Crippen LogP contribution in [0.4, 0.5) is 4.39 Å². The highest BCUT2D eigenvalue weighted by molar-refractivity contribution is 5.81. The number of aliphatic hydroxyl groups is 1. The van der Waals surface area contributed by atoms with Crippen LogP contribution >= 0.6 is 0 Å². The average Bonchev–Trinajstić information content (AvgIpc) is 3.46. The number of pyridine rings is 1. The van der Waals surface area contributed by atoms with Gasteiger partial charge in [-0.2, -0.15) is 0 Å². The zero-order chi connectivity index (χ0) is 20.2. The minimum atomic E-state index is -0.303. The van der Waals surface area contributed by atoms with E-state index in [2.05, 4.69) is 0 Å². The van der Waals surface area contributed by atoms with Gasteiger partial charge in [0, 0.05) is 22.6 Å². The number of halogens is 1. The summed E-state index contributed by atoms with van der Waals surface area (Å²) in [6, 6.07) is 6.34. The predicted octanol–water partition coefficient (Wildman–Crippen LogP) is 4.41. The molecule has 1 N–H and O–H groups in total. The normalized spacial score (nSPS) is 24.6. The van der Waals surface area contributed by atoms with Crippen molar-refractivity contribution in [2.45, 2.75) is 63.4 Å². The van der Waals surface area contributed by atoms with E-state index in [9.17, 15) is 14.3 Å². The van der Waals surface area contributed by atoms with Crippen molar-refractivity contribution < 1.29 is 19.0 Å². The first-order chi connectivity index (χ1) is 14.0. The Hall–Kier alpha value is -2.27. The molecule has 152 valence electrons. The number of aliphatic hydroxyl groups excluding tert-OH is 1. The summed E-state index contributed by atoms with van der Waals surface area (Å²) in [5, 5.41) is 10.3. The molecule has 0 saturated heterocycles. The van der Waals surface area contributed by atoms with Gasteiger partial charge in [0.25, 0.3) is 0 Å². The second-order valence-electron chi connectivity index (χ2n) is 8.86. The highest BCUT2D eigenvalue weighted by Gasteiger charge is 2.59. The van der Waals surface area contributed by atoms with Crippen molar-refractivity contribution in [2.24, 2.45) is 5.92 Å². The summed E-state index contributed by atoms with van der Waals surface area (Å²) in [5.74, 6) is 0.568. The molecule has 2 aromatic rings. The van der Waals surface area contributed by atoms with Gasteiger partial charge in [-0.25, -0.2) is 4.39 Å². The van der Waals surface area contributed by atoms with Gasteiger partial charge in [0.1, 0.15) is 5.82 Å². The maximum absolute atomic E-state index is 13.6. The van der Waals surface area contributed by atoms with Crippen molar-refractivity contribution in [1.82, 2.24) is 4.98 Å². The van der Waals surface area contributed by atoms with E-state index < -0.39 is 0 Å². The van der Waals surface area contributed by atoms with Crippen LogP contribution in [0.3, 0.4) is 0 Å². The van der Waals surface area contributed by atoms with Crippen LogP contribution in [0, 0.1) is 11.7 Å². The van der Waals surface area contributed by atoms with Gasteiger partial charge in [-0.05, 0) is 73.8 Å². The molecule has 0 radical (unpaired) electrons. The summed E-state index contributed by atoms with van der Waals surface area (Å²) in [7, 11) is 0. The third kappa shape index (κ3) is 3.07. The monoisotopic (exact) mass is 395 g/mol. The Bertz CT molecular complexity index is 948. The van der Waals surface area contributed by atoms with E-state index in [1.807, 2.05) is 0 Å². The van der Waals surface area contributed by atoms with Gasteiger partial charge in [-0.3, -0.25) is 9.78 Å². The van der Waals surface area contributed by atoms with E-state index in [0.29, 0.717) is 12.5 Å². The number of hydrogen-bond donors (Lipinski definition) is 1. The fourth-order valence-electron chi connectivity index (χ4n) is 5.24. The Morgan fingerprint density at radius 2 is 1.90 bits per heavy atom. The molecule has 29 heavy (non-hydrogen) atoms. The second-order valence-corrected chi connectivity index (χ2v) is 8.86. The number of nitrogens with zero attached hydrogens (tertiary/aromatic N) is 1. The lowest BCUT2D eigenvalue weighted by molar-refractivity contribution is -0.142. The average molecular weight is 395 g/mol. The topological polar surface area (TPSA) is 59.4 Å². The lowest BCUT2D eigenvalue weighted by Gasteiger charge is -2.62. The van der Waals surface area contributed by atoms with E-state index in [1.165, 1.54) is 12.1 Å². The van der Waals surface area contributed by atoms with Crippen LogP contribution in [0.15, 0.2) is 24.3 Å². The number of ether oxygens (including phenoxy) is 1. The minimum absolute atomic E-state index is 0.0684. The van der Waals surface area contributed by atoms with Gasteiger partial charge in [-0.1, -0.05) is 12.1 Å². The molecule has 4 nitrogen and oxygen atoms in total. The van der Waals surface area contributed by atoms with Crippen molar-refractivity contribution in [1.29, 1.82) is 0 Å². The first-order valence-corrected chi connectivity index (χ1v) is 10.6. The Balaban J connectivity index is 1.74. The van der Waals surface area contributed by atoms with E-state index in [0.717, 1.165) is 71.7 Å². The highest BCUT2D eigenvalue weighted by atomic mass is 19.1. The van der Waals surface area contributed by atoms with Crippen LogP contribution in [0.25, 0.3) is 11.1 Å². The van der Waals surface area contributed by atoms with Gasteiger partial charge < -0.3 is 9.84 Å². The predicted molar refractivity (Wildman–Crippen MR) is 107 cm³/mol. The fourth-order valence-corrected chi connectivity index (χ4v) is 5.24. The van der Waals surface area contributed by atoms with Crippen LogP contribution in [0.2, 0.25) is 0 Å². The Morgan fingerprint density at radius 1 is 1.21 bits per heavy atom. The fraction of sp³-hybridized carbons (Fsp3) is 0.500. The van der Waals surface area contributed by atoms with E-state index >= 15 is 0 Å². The van der Waals surface area contributed by atoms with Crippen molar-refractivity contribution in [3.05, 3.63) is 52.6 Å². The summed E-state index contributed by atoms with van der Waals surface area (Å²) >= 11 is 0. The number of benzene rings is 1. The first kappa shape index (κ1) is 18.7.